The molecule has 0 radical (unpaired) electrons. The second kappa shape index (κ2) is 4.63. The van der Waals surface area contributed by atoms with E-state index in [0.717, 1.165) is 25.0 Å². The molecule has 1 saturated heterocycles. The Morgan fingerprint density at radius 1 is 1.25 bits per heavy atom. The molecule has 2 saturated carbocycles. The van der Waals surface area contributed by atoms with E-state index in [2.05, 4.69) is 5.32 Å². The van der Waals surface area contributed by atoms with Crippen LogP contribution in [0.3, 0.4) is 0 Å². The van der Waals surface area contributed by atoms with Gasteiger partial charge in [-0.25, -0.2) is 0 Å². The molecule has 1 N–H and O–H groups in total. The molecule has 0 aromatic rings. The average Bonchev–Trinajstić information content (AvgIpc) is 3.18. The summed E-state index contributed by atoms with van der Waals surface area (Å²) >= 11 is 0. The van der Waals surface area contributed by atoms with Crippen LogP contribution >= 0.6 is 0 Å². The summed E-state index contributed by atoms with van der Waals surface area (Å²) in [5, 5.41) is 3.80. The third kappa shape index (κ3) is 2.41. The van der Waals surface area contributed by atoms with Gasteiger partial charge >= 0.3 is 0 Å². The zero-order chi connectivity index (χ0) is 11.0. The van der Waals surface area contributed by atoms with Crippen molar-refractivity contribution in [3.8, 4) is 0 Å². The van der Waals surface area contributed by atoms with Gasteiger partial charge in [0, 0.05) is 25.8 Å². The summed E-state index contributed by atoms with van der Waals surface area (Å²) in [4.78, 5) is 0. The topological polar surface area (TPSA) is 30.5 Å². The van der Waals surface area contributed by atoms with E-state index in [1.807, 2.05) is 0 Å². The van der Waals surface area contributed by atoms with E-state index in [4.69, 9.17) is 9.47 Å². The van der Waals surface area contributed by atoms with Gasteiger partial charge in [0.15, 0.2) is 0 Å². The van der Waals surface area contributed by atoms with Crippen LogP contribution in [-0.2, 0) is 9.47 Å². The predicted molar refractivity (Wildman–Crippen MR) is 62.4 cm³/mol. The Labute approximate surface area is 97.9 Å². The van der Waals surface area contributed by atoms with E-state index in [1.54, 1.807) is 7.11 Å². The molecule has 2 aliphatic carbocycles. The molecule has 16 heavy (non-hydrogen) atoms. The maximum absolute atomic E-state index is 5.87. The van der Waals surface area contributed by atoms with E-state index in [0.29, 0.717) is 18.2 Å². The van der Waals surface area contributed by atoms with Crippen molar-refractivity contribution in [3.63, 3.8) is 0 Å². The van der Waals surface area contributed by atoms with Crippen LogP contribution < -0.4 is 5.32 Å². The third-order valence-corrected chi connectivity index (χ3v) is 4.19. The van der Waals surface area contributed by atoms with Gasteiger partial charge in [-0.3, -0.25) is 0 Å². The van der Waals surface area contributed by atoms with E-state index in [9.17, 15) is 0 Å². The monoisotopic (exact) mass is 225 g/mol. The fourth-order valence-corrected chi connectivity index (χ4v) is 2.95. The predicted octanol–water partition coefficient (Wildman–Crippen LogP) is 1.57. The third-order valence-electron chi connectivity index (χ3n) is 4.19. The number of rotatable bonds is 6. The minimum absolute atomic E-state index is 0.498. The van der Waals surface area contributed by atoms with Gasteiger partial charge in [0.25, 0.3) is 0 Å². The molecule has 0 bridgehead atoms. The Kier molecular flexibility index (Phi) is 3.18. The van der Waals surface area contributed by atoms with Crippen molar-refractivity contribution >= 4 is 0 Å². The average molecular weight is 225 g/mol. The van der Waals surface area contributed by atoms with Crippen LogP contribution in [0, 0.1) is 11.8 Å². The lowest BCUT2D eigenvalue weighted by molar-refractivity contribution is 0.0724. The molecular weight excluding hydrogens is 202 g/mol. The highest BCUT2D eigenvalue weighted by molar-refractivity contribution is 4.97. The standard InChI is InChI=1S/C13H23NO2/c1-15-8-12(9-2-3-9)14-11-6-7-16-13(11)10-4-5-10/h9-14H,2-8H2,1H3. The summed E-state index contributed by atoms with van der Waals surface area (Å²) in [6, 6.07) is 1.16. The first kappa shape index (κ1) is 11.0. The molecular formula is C13H23NO2. The quantitative estimate of drug-likeness (QED) is 0.744. The van der Waals surface area contributed by atoms with Crippen molar-refractivity contribution in [1.29, 1.82) is 0 Å². The highest BCUT2D eigenvalue weighted by Gasteiger charge is 2.42. The summed E-state index contributed by atoms with van der Waals surface area (Å²) < 4.78 is 11.2. The molecule has 0 spiro atoms. The van der Waals surface area contributed by atoms with Crippen molar-refractivity contribution in [2.24, 2.45) is 11.8 Å². The minimum atomic E-state index is 0.498. The first-order valence-corrected chi connectivity index (χ1v) is 6.75. The highest BCUT2D eigenvalue weighted by atomic mass is 16.5. The van der Waals surface area contributed by atoms with Gasteiger partial charge in [0.1, 0.15) is 0 Å². The molecule has 0 aromatic heterocycles. The number of ether oxygens (including phenoxy) is 2. The maximum Gasteiger partial charge on any atom is 0.0757 e. The Morgan fingerprint density at radius 2 is 2.06 bits per heavy atom. The molecule has 3 aliphatic rings. The first-order chi connectivity index (χ1) is 7.88. The summed E-state index contributed by atoms with van der Waals surface area (Å²) in [5.74, 6) is 1.71. The van der Waals surface area contributed by atoms with E-state index in [-0.39, 0.29) is 0 Å². The number of hydrogen-bond acceptors (Lipinski definition) is 3. The lowest BCUT2D eigenvalue weighted by Crippen LogP contribution is -2.46. The Hall–Kier alpha value is -0.120. The summed E-state index contributed by atoms with van der Waals surface area (Å²) in [6.45, 7) is 1.81. The van der Waals surface area contributed by atoms with E-state index in [1.165, 1.54) is 32.1 Å². The van der Waals surface area contributed by atoms with Crippen LogP contribution in [0.15, 0.2) is 0 Å². The SMILES string of the molecule is COCC(NC1CCOC1C1CC1)C1CC1. The minimum Gasteiger partial charge on any atom is -0.383 e. The van der Waals surface area contributed by atoms with Crippen LogP contribution in [0.2, 0.25) is 0 Å². The van der Waals surface area contributed by atoms with Crippen molar-refractivity contribution in [2.45, 2.75) is 50.3 Å². The molecule has 0 amide bonds. The zero-order valence-electron chi connectivity index (χ0n) is 10.2. The Morgan fingerprint density at radius 3 is 2.69 bits per heavy atom. The molecule has 1 heterocycles. The Bertz CT molecular complexity index is 238. The van der Waals surface area contributed by atoms with Crippen LogP contribution in [0.25, 0.3) is 0 Å². The van der Waals surface area contributed by atoms with Crippen LogP contribution in [0.5, 0.6) is 0 Å². The van der Waals surface area contributed by atoms with Crippen LogP contribution in [0.4, 0.5) is 0 Å². The second-order valence-electron chi connectivity index (χ2n) is 5.63. The molecule has 3 atom stereocenters. The number of nitrogens with one attached hydrogen (secondary N) is 1. The summed E-state index contributed by atoms with van der Waals surface area (Å²) in [7, 11) is 1.81. The second-order valence-corrected chi connectivity index (χ2v) is 5.63. The molecule has 92 valence electrons. The largest absolute Gasteiger partial charge is 0.383 e. The zero-order valence-corrected chi connectivity index (χ0v) is 10.2. The van der Waals surface area contributed by atoms with Crippen molar-refractivity contribution < 1.29 is 9.47 Å². The van der Waals surface area contributed by atoms with E-state index < -0.39 is 0 Å². The van der Waals surface area contributed by atoms with Gasteiger partial charge < -0.3 is 14.8 Å². The molecule has 3 heteroatoms. The van der Waals surface area contributed by atoms with Gasteiger partial charge in [0.05, 0.1) is 12.7 Å². The maximum atomic E-state index is 5.87. The molecule has 3 rings (SSSR count). The van der Waals surface area contributed by atoms with Gasteiger partial charge in [-0.05, 0) is 43.9 Å². The molecule has 0 aromatic carbocycles. The van der Waals surface area contributed by atoms with Crippen molar-refractivity contribution in [2.75, 3.05) is 20.3 Å². The van der Waals surface area contributed by atoms with Crippen molar-refractivity contribution in [1.82, 2.24) is 5.32 Å². The van der Waals surface area contributed by atoms with Crippen LogP contribution in [0.1, 0.15) is 32.1 Å². The Balaban J connectivity index is 1.54. The molecule has 3 unspecified atom stereocenters. The van der Waals surface area contributed by atoms with E-state index >= 15 is 0 Å². The molecule has 3 fully saturated rings. The fraction of sp³-hybridized carbons (Fsp3) is 1.00. The molecule has 3 nitrogen and oxygen atoms in total. The van der Waals surface area contributed by atoms with Crippen LogP contribution in [-0.4, -0.2) is 38.5 Å². The number of methoxy groups -OCH3 is 1. The fourth-order valence-electron chi connectivity index (χ4n) is 2.95. The molecule has 1 aliphatic heterocycles. The number of hydrogen-bond donors (Lipinski definition) is 1. The van der Waals surface area contributed by atoms with Gasteiger partial charge in [-0.2, -0.15) is 0 Å². The highest BCUT2D eigenvalue weighted by Crippen LogP contribution is 2.40. The first-order valence-electron chi connectivity index (χ1n) is 6.75. The van der Waals surface area contributed by atoms with Crippen molar-refractivity contribution in [3.05, 3.63) is 0 Å². The normalized spacial score (nSPS) is 36.6. The lowest BCUT2D eigenvalue weighted by Gasteiger charge is -2.25. The smallest absolute Gasteiger partial charge is 0.0757 e. The van der Waals surface area contributed by atoms with Gasteiger partial charge in [-0.1, -0.05) is 0 Å². The summed E-state index contributed by atoms with van der Waals surface area (Å²) in [5.41, 5.74) is 0. The van der Waals surface area contributed by atoms with Gasteiger partial charge in [-0.15, -0.1) is 0 Å². The lowest BCUT2D eigenvalue weighted by atomic mass is 10.0. The summed E-state index contributed by atoms with van der Waals surface area (Å²) in [6.07, 6.45) is 7.19. The van der Waals surface area contributed by atoms with Gasteiger partial charge in [0.2, 0.25) is 0 Å².